The van der Waals surface area contributed by atoms with Crippen LogP contribution in [0.5, 0.6) is 0 Å². The van der Waals surface area contributed by atoms with Crippen LogP contribution in [0, 0.1) is 0 Å². The number of rotatable bonds is 4. The fraction of sp³-hybridized carbons (Fsp3) is 0.545. The highest BCUT2D eigenvalue weighted by Gasteiger charge is 2.17. The van der Waals surface area contributed by atoms with Gasteiger partial charge in [0.25, 0.3) is 6.33 Å². The van der Waals surface area contributed by atoms with Gasteiger partial charge in [0.1, 0.15) is 12.4 Å². The molecule has 0 aliphatic rings. The summed E-state index contributed by atoms with van der Waals surface area (Å²) in [4.78, 5) is 24.5. The van der Waals surface area contributed by atoms with Crippen molar-refractivity contribution in [2.24, 2.45) is 7.05 Å². The minimum absolute atomic E-state index is 0. The van der Waals surface area contributed by atoms with Crippen molar-refractivity contribution in [3.05, 3.63) is 18.7 Å². The number of halogens is 1. The Bertz CT molecular complexity index is 406. The Morgan fingerprint density at radius 3 is 2.61 bits per heavy atom. The van der Waals surface area contributed by atoms with Crippen LogP contribution >= 0.6 is 0 Å². The minimum Gasteiger partial charge on any atom is -1.00 e. The lowest BCUT2D eigenvalue weighted by atomic mass is 10.4. The lowest BCUT2D eigenvalue weighted by molar-refractivity contribution is -0.670. The lowest BCUT2D eigenvalue weighted by Gasteiger charge is -2.12. The molecule has 1 aromatic heterocycles. The second kappa shape index (κ2) is 8.06. The maximum Gasteiger partial charge on any atom is 0.415 e. The van der Waals surface area contributed by atoms with Crippen molar-refractivity contribution >= 4 is 12.0 Å². The molecule has 6 nitrogen and oxygen atoms in total. The normalized spacial score (nSPS) is 9.50. The summed E-state index contributed by atoms with van der Waals surface area (Å²) in [5.74, 6) is -0.287. The number of hydrogen-bond acceptors (Lipinski definition) is 3. The molecule has 1 rings (SSSR count). The van der Waals surface area contributed by atoms with Crippen LogP contribution in [0.3, 0.4) is 0 Å². The highest BCUT2D eigenvalue weighted by atomic mass is 127. The van der Waals surface area contributed by atoms with Gasteiger partial charge in [0, 0.05) is 13.6 Å². The maximum atomic E-state index is 11.9. The van der Waals surface area contributed by atoms with E-state index in [1.807, 2.05) is 7.05 Å². The first kappa shape index (κ1) is 16.9. The summed E-state index contributed by atoms with van der Waals surface area (Å²) in [7, 11) is 3.49. The molecule has 0 bridgehead atoms. The number of aromatic nitrogens is 2. The molecular formula is C11H18IN3O3. The van der Waals surface area contributed by atoms with Crippen LogP contribution in [0.1, 0.15) is 13.3 Å². The summed E-state index contributed by atoms with van der Waals surface area (Å²) >= 11 is 0. The molecule has 0 aliphatic heterocycles. The molecule has 1 aromatic rings. The van der Waals surface area contributed by atoms with Crippen molar-refractivity contribution in [2.45, 2.75) is 13.3 Å². The summed E-state index contributed by atoms with van der Waals surface area (Å²) in [5.41, 5.74) is 0. The van der Waals surface area contributed by atoms with Crippen LogP contribution in [-0.4, -0.2) is 41.7 Å². The zero-order valence-corrected chi connectivity index (χ0v) is 13.0. The highest BCUT2D eigenvalue weighted by molar-refractivity contribution is 5.77. The van der Waals surface area contributed by atoms with Gasteiger partial charge in [0.2, 0.25) is 0 Å². The standard InChI is InChI=1S/C11H18N3O3.HI/c1-4-17-10(15)5-6-13(3)11(16)14-8-7-12(2)9-14;/h7-9H,4-6H2,1-3H3;1H/q+1;/p-1. The number of imidazole rings is 1. The molecular weight excluding hydrogens is 349 g/mol. The van der Waals surface area contributed by atoms with E-state index < -0.39 is 0 Å². The third kappa shape index (κ3) is 5.03. The van der Waals surface area contributed by atoms with Crippen molar-refractivity contribution in [3.63, 3.8) is 0 Å². The van der Waals surface area contributed by atoms with Gasteiger partial charge in [-0.25, -0.2) is 9.36 Å². The second-order valence-electron chi connectivity index (χ2n) is 3.75. The highest BCUT2D eigenvalue weighted by Crippen LogP contribution is 1.96. The van der Waals surface area contributed by atoms with Gasteiger partial charge in [-0.3, -0.25) is 4.79 Å². The largest absolute Gasteiger partial charge is 1.00 e. The summed E-state index contributed by atoms with van der Waals surface area (Å²) < 4.78 is 8.03. The third-order valence-corrected chi connectivity index (χ3v) is 2.27. The van der Waals surface area contributed by atoms with Crippen LogP contribution in [0.4, 0.5) is 4.79 Å². The summed E-state index contributed by atoms with van der Waals surface area (Å²) in [6, 6.07) is -0.171. The van der Waals surface area contributed by atoms with E-state index in [9.17, 15) is 9.59 Å². The van der Waals surface area contributed by atoms with Gasteiger partial charge in [-0.05, 0) is 6.92 Å². The van der Waals surface area contributed by atoms with Crippen LogP contribution in [-0.2, 0) is 16.6 Å². The first-order valence-corrected chi connectivity index (χ1v) is 5.49. The zero-order chi connectivity index (χ0) is 12.8. The van der Waals surface area contributed by atoms with E-state index in [2.05, 4.69) is 0 Å². The van der Waals surface area contributed by atoms with Gasteiger partial charge in [0.05, 0.1) is 20.1 Å². The lowest BCUT2D eigenvalue weighted by Crippen LogP contribution is -3.00. The van der Waals surface area contributed by atoms with Crippen LogP contribution < -0.4 is 28.5 Å². The molecule has 102 valence electrons. The van der Waals surface area contributed by atoms with Crippen molar-refractivity contribution < 1.29 is 42.9 Å². The van der Waals surface area contributed by atoms with Gasteiger partial charge < -0.3 is 33.6 Å². The fourth-order valence-electron chi connectivity index (χ4n) is 1.35. The summed E-state index contributed by atoms with van der Waals surface area (Å²) in [6.07, 6.45) is 5.33. The molecule has 0 atom stereocenters. The summed E-state index contributed by atoms with van der Waals surface area (Å²) in [6.45, 7) is 2.47. The van der Waals surface area contributed by atoms with E-state index in [1.165, 1.54) is 9.47 Å². The number of ether oxygens (including phenoxy) is 1. The van der Waals surface area contributed by atoms with Crippen molar-refractivity contribution in [1.29, 1.82) is 0 Å². The first-order valence-electron chi connectivity index (χ1n) is 5.49. The number of aryl methyl sites for hydroxylation is 1. The predicted molar refractivity (Wildman–Crippen MR) is 60.3 cm³/mol. The van der Waals surface area contributed by atoms with E-state index in [1.54, 1.807) is 37.3 Å². The molecule has 0 N–H and O–H groups in total. The Labute approximate surface area is 124 Å². The van der Waals surface area contributed by atoms with Crippen LogP contribution in [0.25, 0.3) is 0 Å². The Hall–Kier alpha value is -1.12. The van der Waals surface area contributed by atoms with E-state index >= 15 is 0 Å². The molecule has 1 heterocycles. The number of carbonyl (C=O) groups is 2. The molecule has 0 aliphatic carbocycles. The monoisotopic (exact) mass is 367 g/mol. The molecule has 7 heteroatoms. The molecule has 0 fully saturated rings. The molecule has 0 aromatic carbocycles. The predicted octanol–water partition coefficient (Wildman–Crippen LogP) is -2.83. The van der Waals surface area contributed by atoms with Gasteiger partial charge in [-0.2, -0.15) is 4.57 Å². The van der Waals surface area contributed by atoms with Crippen molar-refractivity contribution in [2.75, 3.05) is 20.2 Å². The fourth-order valence-corrected chi connectivity index (χ4v) is 1.35. The third-order valence-electron chi connectivity index (χ3n) is 2.27. The quantitative estimate of drug-likeness (QED) is 0.328. The van der Waals surface area contributed by atoms with Gasteiger partial charge in [0.15, 0.2) is 0 Å². The Kier molecular flexibility index (Phi) is 7.56. The van der Waals surface area contributed by atoms with Crippen molar-refractivity contribution in [1.82, 2.24) is 9.47 Å². The van der Waals surface area contributed by atoms with Crippen molar-refractivity contribution in [3.8, 4) is 0 Å². The number of amides is 1. The van der Waals surface area contributed by atoms with Gasteiger partial charge >= 0.3 is 12.0 Å². The van der Waals surface area contributed by atoms with E-state index in [0.29, 0.717) is 13.2 Å². The molecule has 1 amide bonds. The van der Waals surface area contributed by atoms with Crippen LogP contribution in [0.15, 0.2) is 18.7 Å². The van der Waals surface area contributed by atoms with E-state index in [0.717, 1.165) is 0 Å². The van der Waals surface area contributed by atoms with Gasteiger partial charge in [-0.1, -0.05) is 0 Å². The van der Waals surface area contributed by atoms with Crippen LogP contribution in [0.2, 0.25) is 0 Å². The number of esters is 1. The zero-order valence-electron chi connectivity index (χ0n) is 10.8. The van der Waals surface area contributed by atoms with E-state index in [-0.39, 0.29) is 42.4 Å². The first-order chi connectivity index (χ1) is 8.04. The second-order valence-corrected chi connectivity index (χ2v) is 3.75. The Morgan fingerprint density at radius 2 is 2.11 bits per heavy atom. The van der Waals surface area contributed by atoms with Gasteiger partial charge in [-0.15, -0.1) is 0 Å². The average Bonchev–Trinajstić information content (AvgIpc) is 2.72. The molecule has 0 radical (unpaired) electrons. The molecule has 0 unspecified atom stereocenters. The molecule has 0 spiro atoms. The number of nitrogens with zero attached hydrogens (tertiary/aromatic N) is 3. The average molecular weight is 367 g/mol. The molecule has 0 saturated heterocycles. The number of hydrogen-bond donors (Lipinski definition) is 0. The Balaban J connectivity index is 0.00000289. The topological polar surface area (TPSA) is 55.4 Å². The smallest absolute Gasteiger partial charge is 0.415 e. The SMILES string of the molecule is CCOC(=O)CCN(C)C(=O)n1cc[n+](C)c1.[I-]. The maximum absolute atomic E-state index is 11.9. The molecule has 18 heavy (non-hydrogen) atoms. The Morgan fingerprint density at radius 1 is 1.44 bits per heavy atom. The summed E-state index contributed by atoms with van der Waals surface area (Å²) in [5, 5.41) is 0. The number of carbonyl (C=O) groups excluding carboxylic acids is 2. The molecule has 0 saturated carbocycles. The minimum atomic E-state index is -0.287. The van der Waals surface area contributed by atoms with E-state index in [4.69, 9.17) is 4.74 Å².